The van der Waals surface area contributed by atoms with Crippen molar-refractivity contribution in [3.63, 3.8) is 0 Å². The Labute approximate surface area is 113 Å². The molecule has 0 aromatic heterocycles. The molecule has 3 nitrogen and oxygen atoms in total. The molecule has 1 heterocycles. The van der Waals surface area contributed by atoms with Crippen LogP contribution in [-0.2, 0) is 4.74 Å². The SMILES string of the molecule is CCCCCC(C)(CN)N(CC)CC1CCCO1. The fourth-order valence-corrected chi connectivity index (χ4v) is 2.91. The molecule has 1 saturated heterocycles. The molecule has 2 N–H and O–H groups in total. The summed E-state index contributed by atoms with van der Waals surface area (Å²) < 4.78 is 5.77. The average molecular weight is 256 g/mol. The van der Waals surface area contributed by atoms with Crippen LogP contribution in [-0.4, -0.2) is 42.8 Å². The van der Waals surface area contributed by atoms with Gasteiger partial charge in [0.1, 0.15) is 0 Å². The number of likely N-dealkylation sites (N-methyl/N-ethyl adjacent to an activating group) is 1. The number of ether oxygens (including phenoxy) is 1. The summed E-state index contributed by atoms with van der Waals surface area (Å²) in [6, 6.07) is 0. The maximum absolute atomic E-state index is 6.06. The molecule has 1 fully saturated rings. The number of nitrogens with zero attached hydrogens (tertiary/aromatic N) is 1. The first-order chi connectivity index (χ1) is 8.66. The average Bonchev–Trinajstić information content (AvgIpc) is 2.89. The van der Waals surface area contributed by atoms with E-state index in [2.05, 4.69) is 25.7 Å². The van der Waals surface area contributed by atoms with Crippen LogP contribution in [0.4, 0.5) is 0 Å². The second kappa shape index (κ2) is 8.13. The highest BCUT2D eigenvalue weighted by Gasteiger charge is 2.31. The Balaban J connectivity index is 2.50. The molecule has 108 valence electrons. The predicted molar refractivity (Wildman–Crippen MR) is 77.8 cm³/mol. The molecule has 18 heavy (non-hydrogen) atoms. The van der Waals surface area contributed by atoms with Crippen LogP contribution in [0.1, 0.15) is 59.3 Å². The second-order valence-corrected chi connectivity index (χ2v) is 5.83. The molecule has 0 bridgehead atoms. The van der Waals surface area contributed by atoms with E-state index in [1.807, 2.05) is 0 Å². The van der Waals surface area contributed by atoms with E-state index in [4.69, 9.17) is 10.5 Å². The minimum Gasteiger partial charge on any atom is -0.377 e. The van der Waals surface area contributed by atoms with Crippen molar-refractivity contribution in [1.29, 1.82) is 0 Å². The zero-order valence-corrected chi connectivity index (χ0v) is 12.6. The van der Waals surface area contributed by atoms with Crippen molar-refractivity contribution in [3.8, 4) is 0 Å². The molecule has 1 aliphatic heterocycles. The molecule has 2 atom stereocenters. The third kappa shape index (κ3) is 4.52. The van der Waals surface area contributed by atoms with Crippen molar-refractivity contribution in [2.75, 3.05) is 26.2 Å². The lowest BCUT2D eigenvalue weighted by Crippen LogP contribution is -2.53. The number of unbranched alkanes of at least 4 members (excludes halogenated alkanes) is 2. The van der Waals surface area contributed by atoms with Crippen LogP contribution in [0, 0.1) is 0 Å². The third-order valence-electron chi connectivity index (χ3n) is 4.35. The summed E-state index contributed by atoms with van der Waals surface area (Å²) in [5, 5.41) is 0. The van der Waals surface area contributed by atoms with Crippen LogP contribution in [0.15, 0.2) is 0 Å². The molecule has 0 saturated carbocycles. The van der Waals surface area contributed by atoms with Crippen LogP contribution >= 0.6 is 0 Å². The molecule has 0 spiro atoms. The molecule has 0 amide bonds. The van der Waals surface area contributed by atoms with Crippen molar-refractivity contribution < 1.29 is 4.74 Å². The van der Waals surface area contributed by atoms with Crippen LogP contribution in [0.25, 0.3) is 0 Å². The predicted octanol–water partition coefficient (Wildman–Crippen LogP) is 2.79. The summed E-state index contributed by atoms with van der Waals surface area (Å²) in [5.41, 5.74) is 6.21. The van der Waals surface area contributed by atoms with Crippen molar-refractivity contribution >= 4 is 0 Å². The minimum atomic E-state index is 0.149. The van der Waals surface area contributed by atoms with Gasteiger partial charge in [0.2, 0.25) is 0 Å². The lowest BCUT2D eigenvalue weighted by atomic mass is 9.91. The van der Waals surface area contributed by atoms with Gasteiger partial charge in [0.15, 0.2) is 0 Å². The van der Waals surface area contributed by atoms with Crippen molar-refractivity contribution in [3.05, 3.63) is 0 Å². The molecule has 3 heteroatoms. The summed E-state index contributed by atoms with van der Waals surface area (Å²) in [5.74, 6) is 0. The van der Waals surface area contributed by atoms with E-state index in [1.54, 1.807) is 0 Å². The topological polar surface area (TPSA) is 38.5 Å². The maximum Gasteiger partial charge on any atom is 0.0703 e. The first-order valence-corrected chi connectivity index (χ1v) is 7.73. The maximum atomic E-state index is 6.06. The fraction of sp³-hybridized carbons (Fsp3) is 1.00. The molecule has 0 aliphatic carbocycles. The Kier molecular flexibility index (Phi) is 7.20. The van der Waals surface area contributed by atoms with E-state index in [0.717, 1.165) is 26.2 Å². The zero-order chi connectivity index (χ0) is 13.4. The van der Waals surface area contributed by atoms with E-state index in [0.29, 0.717) is 6.10 Å². The lowest BCUT2D eigenvalue weighted by molar-refractivity contribution is 0.0266. The summed E-state index contributed by atoms with van der Waals surface area (Å²) in [6.07, 6.45) is 7.95. The van der Waals surface area contributed by atoms with Crippen LogP contribution < -0.4 is 5.73 Å². The van der Waals surface area contributed by atoms with Gasteiger partial charge < -0.3 is 10.5 Å². The number of hydrogen-bond donors (Lipinski definition) is 1. The van der Waals surface area contributed by atoms with Gasteiger partial charge in [0.25, 0.3) is 0 Å². The number of rotatable bonds is 9. The van der Waals surface area contributed by atoms with Gasteiger partial charge >= 0.3 is 0 Å². The normalized spacial score (nSPS) is 23.5. The van der Waals surface area contributed by atoms with E-state index < -0.39 is 0 Å². The summed E-state index contributed by atoms with van der Waals surface area (Å²) in [4.78, 5) is 2.54. The van der Waals surface area contributed by atoms with Crippen LogP contribution in [0.5, 0.6) is 0 Å². The van der Waals surface area contributed by atoms with E-state index in [-0.39, 0.29) is 5.54 Å². The highest BCUT2D eigenvalue weighted by Crippen LogP contribution is 2.24. The zero-order valence-electron chi connectivity index (χ0n) is 12.6. The van der Waals surface area contributed by atoms with Crippen LogP contribution in [0.3, 0.4) is 0 Å². The summed E-state index contributed by atoms with van der Waals surface area (Å²) in [6.45, 7) is 10.6. The van der Waals surface area contributed by atoms with Gasteiger partial charge in [-0.1, -0.05) is 33.1 Å². The highest BCUT2D eigenvalue weighted by molar-refractivity contribution is 4.88. The van der Waals surface area contributed by atoms with Gasteiger partial charge in [-0.15, -0.1) is 0 Å². The van der Waals surface area contributed by atoms with Crippen molar-refractivity contribution in [2.24, 2.45) is 5.73 Å². The van der Waals surface area contributed by atoms with Gasteiger partial charge in [0.05, 0.1) is 6.10 Å². The Morgan fingerprint density at radius 3 is 2.61 bits per heavy atom. The number of hydrogen-bond acceptors (Lipinski definition) is 3. The molecule has 0 aromatic rings. The summed E-state index contributed by atoms with van der Waals surface area (Å²) in [7, 11) is 0. The van der Waals surface area contributed by atoms with Crippen molar-refractivity contribution in [1.82, 2.24) is 4.90 Å². The Bertz CT molecular complexity index is 217. The molecular weight excluding hydrogens is 224 g/mol. The van der Waals surface area contributed by atoms with E-state index >= 15 is 0 Å². The van der Waals surface area contributed by atoms with E-state index in [1.165, 1.54) is 38.5 Å². The molecule has 1 aliphatic rings. The quantitative estimate of drug-likeness (QED) is 0.645. The van der Waals surface area contributed by atoms with Gasteiger partial charge in [-0.25, -0.2) is 0 Å². The molecular formula is C15H32N2O. The lowest BCUT2D eigenvalue weighted by Gasteiger charge is -2.41. The van der Waals surface area contributed by atoms with Gasteiger partial charge in [0, 0.05) is 25.2 Å². The fourth-order valence-electron chi connectivity index (χ4n) is 2.91. The van der Waals surface area contributed by atoms with Gasteiger partial charge in [-0.3, -0.25) is 4.90 Å². The van der Waals surface area contributed by atoms with E-state index in [9.17, 15) is 0 Å². The Morgan fingerprint density at radius 1 is 1.33 bits per heavy atom. The third-order valence-corrected chi connectivity index (χ3v) is 4.35. The Morgan fingerprint density at radius 2 is 2.11 bits per heavy atom. The number of nitrogens with two attached hydrogens (primary N) is 1. The smallest absolute Gasteiger partial charge is 0.0703 e. The monoisotopic (exact) mass is 256 g/mol. The first kappa shape index (κ1) is 15.9. The summed E-state index contributed by atoms with van der Waals surface area (Å²) >= 11 is 0. The molecule has 0 radical (unpaired) electrons. The first-order valence-electron chi connectivity index (χ1n) is 7.73. The standard InChI is InChI=1S/C15H32N2O/c1-4-6-7-10-15(3,13-16)17(5-2)12-14-9-8-11-18-14/h14H,4-13,16H2,1-3H3. The Hall–Kier alpha value is -0.120. The molecule has 2 unspecified atom stereocenters. The molecule has 1 rings (SSSR count). The largest absolute Gasteiger partial charge is 0.377 e. The van der Waals surface area contributed by atoms with Crippen molar-refractivity contribution in [2.45, 2.75) is 70.9 Å². The minimum absolute atomic E-state index is 0.149. The molecule has 0 aromatic carbocycles. The second-order valence-electron chi connectivity index (χ2n) is 5.83. The van der Waals surface area contributed by atoms with Gasteiger partial charge in [-0.2, -0.15) is 0 Å². The highest BCUT2D eigenvalue weighted by atomic mass is 16.5. The van der Waals surface area contributed by atoms with Gasteiger partial charge in [-0.05, 0) is 32.7 Å². The van der Waals surface area contributed by atoms with Crippen LogP contribution in [0.2, 0.25) is 0 Å².